The number of nitrogens with two attached hydrogens (primary N) is 1. The maximum atomic E-state index is 6.02. The largest absolute Gasteiger partial charge is 0.329 e. The predicted molar refractivity (Wildman–Crippen MR) is 71.5 cm³/mol. The van der Waals surface area contributed by atoms with Crippen LogP contribution in [-0.2, 0) is 0 Å². The summed E-state index contributed by atoms with van der Waals surface area (Å²) in [5.41, 5.74) is 6.73. The molecule has 1 fully saturated rings. The lowest BCUT2D eigenvalue weighted by atomic mass is 9.80. The van der Waals surface area contributed by atoms with Gasteiger partial charge in [-0.2, -0.15) is 0 Å². The summed E-state index contributed by atoms with van der Waals surface area (Å²) in [6.07, 6.45) is 3.69. The molecule has 1 atom stereocenters. The maximum absolute atomic E-state index is 6.02. The zero-order valence-electron chi connectivity index (χ0n) is 11.8. The van der Waals surface area contributed by atoms with Gasteiger partial charge in [-0.25, -0.2) is 0 Å². The van der Waals surface area contributed by atoms with E-state index in [1.165, 1.54) is 32.4 Å². The Kier molecular flexibility index (Phi) is 4.42. The van der Waals surface area contributed by atoms with E-state index < -0.39 is 0 Å². The van der Waals surface area contributed by atoms with Gasteiger partial charge in [0.15, 0.2) is 0 Å². The normalized spacial score (nSPS) is 24.0. The fourth-order valence-electron chi connectivity index (χ4n) is 3.01. The fraction of sp³-hybridized carbons (Fsp3) is 1.00. The highest BCUT2D eigenvalue weighted by Gasteiger charge is 2.40. The summed E-state index contributed by atoms with van der Waals surface area (Å²) >= 11 is 0. The molecule has 0 aliphatic carbocycles. The van der Waals surface area contributed by atoms with Crippen molar-refractivity contribution >= 4 is 0 Å². The molecule has 0 aromatic rings. The van der Waals surface area contributed by atoms with Gasteiger partial charge < -0.3 is 5.73 Å². The molecule has 1 aliphatic rings. The molecule has 1 heterocycles. The molecule has 0 aromatic heterocycles. The first kappa shape index (κ1) is 14.0. The van der Waals surface area contributed by atoms with Crippen LogP contribution in [0.3, 0.4) is 0 Å². The van der Waals surface area contributed by atoms with Crippen molar-refractivity contribution in [2.24, 2.45) is 17.1 Å². The summed E-state index contributed by atoms with van der Waals surface area (Å²) in [4.78, 5) is 2.66. The second-order valence-electron chi connectivity index (χ2n) is 6.43. The standard InChI is InChI=1S/C14H30N2/c1-6-14(7-2,11-15)16-9-8-12(10-16)13(3,4)5/h12H,6-11,15H2,1-5H3. The van der Waals surface area contributed by atoms with Crippen LogP contribution >= 0.6 is 0 Å². The van der Waals surface area contributed by atoms with Crippen molar-refractivity contribution in [3.8, 4) is 0 Å². The van der Waals surface area contributed by atoms with E-state index in [0.29, 0.717) is 5.41 Å². The second-order valence-corrected chi connectivity index (χ2v) is 6.43. The van der Waals surface area contributed by atoms with E-state index in [4.69, 9.17) is 5.73 Å². The van der Waals surface area contributed by atoms with Crippen molar-refractivity contribution in [2.75, 3.05) is 19.6 Å². The Bertz CT molecular complexity index is 205. The molecule has 2 N–H and O–H groups in total. The van der Waals surface area contributed by atoms with Crippen LogP contribution in [0.4, 0.5) is 0 Å². The first-order valence-electron chi connectivity index (χ1n) is 6.84. The van der Waals surface area contributed by atoms with Crippen molar-refractivity contribution in [3.05, 3.63) is 0 Å². The molecule has 0 saturated carbocycles. The average Bonchev–Trinajstić information content (AvgIpc) is 2.71. The monoisotopic (exact) mass is 226 g/mol. The third kappa shape index (κ3) is 2.60. The minimum Gasteiger partial charge on any atom is -0.329 e. The smallest absolute Gasteiger partial charge is 0.0326 e. The molecule has 1 rings (SSSR count). The van der Waals surface area contributed by atoms with Gasteiger partial charge in [-0.3, -0.25) is 4.90 Å². The van der Waals surface area contributed by atoms with Crippen LogP contribution in [0.2, 0.25) is 0 Å². The highest BCUT2D eigenvalue weighted by atomic mass is 15.2. The minimum atomic E-state index is 0.264. The van der Waals surface area contributed by atoms with Crippen LogP contribution in [0.15, 0.2) is 0 Å². The Morgan fingerprint density at radius 2 is 1.75 bits per heavy atom. The third-order valence-electron chi connectivity index (χ3n) is 4.78. The number of rotatable bonds is 4. The molecule has 16 heavy (non-hydrogen) atoms. The Morgan fingerprint density at radius 1 is 1.19 bits per heavy atom. The topological polar surface area (TPSA) is 29.3 Å². The van der Waals surface area contributed by atoms with Crippen molar-refractivity contribution in [1.29, 1.82) is 0 Å². The van der Waals surface area contributed by atoms with Gasteiger partial charge in [0, 0.05) is 18.6 Å². The van der Waals surface area contributed by atoms with E-state index >= 15 is 0 Å². The van der Waals surface area contributed by atoms with Gasteiger partial charge >= 0.3 is 0 Å². The van der Waals surface area contributed by atoms with E-state index in [0.717, 1.165) is 12.5 Å². The molecule has 1 saturated heterocycles. The molecule has 1 aliphatic heterocycles. The second kappa shape index (κ2) is 5.05. The highest BCUT2D eigenvalue weighted by molar-refractivity contribution is 4.95. The Hall–Kier alpha value is -0.0800. The van der Waals surface area contributed by atoms with Crippen molar-refractivity contribution in [3.63, 3.8) is 0 Å². The van der Waals surface area contributed by atoms with Crippen LogP contribution in [0, 0.1) is 11.3 Å². The lowest BCUT2D eigenvalue weighted by molar-refractivity contribution is 0.0985. The number of nitrogens with zero attached hydrogens (tertiary/aromatic N) is 1. The zero-order chi connectivity index (χ0) is 12.4. The molecule has 2 heteroatoms. The van der Waals surface area contributed by atoms with Gasteiger partial charge in [0.05, 0.1) is 0 Å². The summed E-state index contributed by atoms with van der Waals surface area (Å²) in [7, 11) is 0. The predicted octanol–water partition coefficient (Wildman–Crippen LogP) is 2.87. The Balaban J connectivity index is 2.71. The molecule has 0 aromatic carbocycles. The van der Waals surface area contributed by atoms with Gasteiger partial charge in [-0.05, 0) is 37.1 Å². The first-order valence-corrected chi connectivity index (χ1v) is 6.84. The Labute approximate surface area is 102 Å². The number of hydrogen-bond donors (Lipinski definition) is 1. The van der Waals surface area contributed by atoms with E-state index in [-0.39, 0.29) is 5.54 Å². The minimum absolute atomic E-state index is 0.264. The summed E-state index contributed by atoms with van der Waals surface area (Å²) in [6.45, 7) is 14.9. The molecule has 1 unspecified atom stereocenters. The molecule has 0 radical (unpaired) electrons. The van der Waals surface area contributed by atoms with Crippen LogP contribution in [0.5, 0.6) is 0 Å². The quantitative estimate of drug-likeness (QED) is 0.798. The van der Waals surface area contributed by atoms with Gasteiger partial charge in [-0.1, -0.05) is 34.6 Å². The zero-order valence-corrected chi connectivity index (χ0v) is 11.8. The fourth-order valence-corrected chi connectivity index (χ4v) is 3.01. The lowest BCUT2D eigenvalue weighted by Crippen LogP contribution is -2.52. The van der Waals surface area contributed by atoms with Crippen LogP contribution in [-0.4, -0.2) is 30.1 Å². The van der Waals surface area contributed by atoms with Crippen molar-refractivity contribution in [2.45, 2.75) is 59.4 Å². The van der Waals surface area contributed by atoms with Crippen molar-refractivity contribution in [1.82, 2.24) is 4.90 Å². The summed E-state index contributed by atoms with van der Waals surface area (Å²) in [6, 6.07) is 0. The molecule has 0 spiro atoms. The van der Waals surface area contributed by atoms with Crippen LogP contribution < -0.4 is 5.73 Å². The molecular weight excluding hydrogens is 196 g/mol. The van der Waals surface area contributed by atoms with Gasteiger partial charge in [0.1, 0.15) is 0 Å². The highest BCUT2D eigenvalue weighted by Crippen LogP contribution is 2.37. The van der Waals surface area contributed by atoms with Gasteiger partial charge in [-0.15, -0.1) is 0 Å². The molecule has 96 valence electrons. The lowest BCUT2D eigenvalue weighted by Gasteiger charge is -2.41. The van der Waals surface area contributed by atoms with Crippen molar-refractivity contribution < 1.29 is 0 Å². The Morgan fingerprint density at radius 3 is 2.06 bits per heavy atom. The van der Waals surface area contributed by atoms with Crippen LogP contribution in [0.1, 0.15) is 53.9 Å². The first-order chi connectivity index (χ1) is 7.39. The van der Waals surface area contributed by atoms with E-state index in [2.05, 4.69) is 39.5 Å². The SMILES string of the molecule is CCC(CC)(CN)N1CCC(C(C)(C)C)C1. The average molecular weight is 226 g/mol. The summed E-state index contributed by atoms with van der Waals surface area (Å²) in [5.74, 6) is 0.830. The molecule has 0 amide bonds. The van der Waals surface area contributed by atoms with Gasteiger partial charge in [0.2, 0.25) is 0 Å². The molecule has 0 bridgehead atoms. The third-order valence-corrected chi connectivity index (χ3v) is 4.78. The maximum Gasteiger partial charge on any atom is 0.0326 e. The van der Waals surface area contributed by atoms with E-state index in [1.54, 1.807) is 0 Å². The number of likely N-dealkylation sites (tertiary alicyclic amines) is 1. The number of hydrogen-bond acceptors (Lipinski definition) is 2. The van der Waals surface area contributed by atoms with E-state index in [9.17, 15) is 0 Å². The molecule has 2 nitrogen and oxygen atoms in total. The summed E-state index contributed by atoms with van der Waals surface area (Å²) < 4.78 is 0. The van der Waals surface area contributed by atoms with Crippen LogP contribution in [0.25, 0.3) is 0 Å². The summed E-state index contributed by atoms with van der Waals surface area (Å²) in [5, 5.41) is 0. The molecular formula is C14H30N2. The van der Waals surface area contributed by atoms with Gasteiger partial charge in [0.25, 0.3) is 0 Å². The van der Waals surface area contributed by atoms with E-state index in [1.807, 2.05) is 0 Å².